The van der Waals surface area contributed by atoms with Crippen LogP contribution in [0.15, 0.2) is 91.5 Å². The highest BCUT2D eigenvalue weighted by Crippen LogP contribution is 2.20. The third kappa shape index (κ3) is 4.34. The molecule has 0 saturated carbocycles. The fraction of sp³-hybridized carbons (Fsp3) is 0.0417. The van der Waals surface area contributed by atoms with Crippen molar-refractivity contribution in [2.75, 3.05) is 0 Å². The van der Waals surface area contributed by atoms with Gasteiger partial charge in [0.1, 0.15) is 0 Å². The van der Waals surface area contributed by atoms with Crippen molar-refractivity contribution in [1.29, 1.82) is 0 Å². The lowest BCUT2D eigenvalue weighted by atomic mass is 9.96. The Kier molecular flexibility index (Phi) is 5.24. The van der Waals surface area contributed by atoms with Gasteiger partial charge in [0.15, 0.2) is 5.78 Å². The first-order chi connectivity index (χ1) is 12.2. The Bertz CT molecular complexity index is 941. The second-order valence-corrected chi connectivity index (χ2v) is 5.73. The predicted molar refractivity (Wildman–Crippen MR) is 103 cm³/mol. The number of Topliss-reactive ketones (excluding diaryl/α,β-unsaturated/α-hetero) is 1. The van der Waals surface area contributed by atoms with Gasteiger partial charge in [-0.3, -0.25) is 4.79 Å². The van der Waals surface area contributed by atoms with Crippen molar-refractivity contribution in [3.63, 3.8) is 0 Å². The molecule has 0 unspecified atom stereocenters. The van der Waals surface area contributed by atoms with E-state index in [2.05, 4.69) is 18.4 Å². The van der Waals surface area contributed by atoms with E-state index in [1.54, 1.807) is 0 Å². The molecule has 0 atom stereocenters. The molecule has 0 aliphatic rings. The first kappa shape index (κ1) is 16.5. The minimum absolute atomic E-state index is 0.0341. The predicted octanol–water partition coefficient (Wildman–Crippen LogP) is 5.37. The zero-order chi connectivity index (χ0) is 17.5. The number of carbonyl (C=O) groups is 1. The summed E-state index contributed by atoms with van der Waals surface area (Å²) in [5.74, 6) is 6.27. The van der Waals surface area contributed by atoms with Crippen LogP contribution in [0.2, 0.25) is 0 Å². The van der Waals surface area contributed by atoms with Crippen LogP contribution >= 0.6 is 0 Å². The second-order valence-electron chi connectivity index (χ2n) is 5.73. The third-order valence-electron chi connectivity index (χ3n) is 3.90. The van der Waals surface area contributed by atoms with Crippen molar-refractivity contribution >= 4 is 11.4 Å². The van der Waals surface area contributed by atoms with Crippen LogP contribution in [-0.4, -0.2) is 5.78 Å². The van der Waals surface area contributed by atoms with Gasteiger partial charge in [0.25, 0.3) is 0 Å². The summed E-state index contributed by atoms with van der Waals surface area (Å²) in [7, 11) is 0. The minimum atomic E-state index is 0.0341. The van der Waals surface area contributed by atoms with E-state index in [-0.39, 0.29) is 12.2 Å². The maximum absolute atomic E-state index is 12.7. The summed E-state index contributed by atoms with van der Waals surface area (Å²) < 4.78 is 0. The van der Waals surface area contributed by atoms with Gasteiger partial charge < -0.3 is 0 Å². The van der Waals surface area contributed by atoms with E-state index in [9.17, 15) is 4.79 Å². The Labute approximate surface area is 148 Å². The largest absolute Gasteiger partial charge is 0.294 e. The van der Waals surface area contributed by atoms with Crippen LogP contribution in [0.25, 0.3) is 5.57 Å². The summed E-state index contributed by atoms with van der Waals surface area (Å²) >= 11 is 0. The van der Waals surface area contributed by atoms with Crippen LogP contribution in [0, 0.1) is 11.8 Å². The zero-order valence-electron chi connectivity index (χ0n) is 13.9. The van der Waals surface area contributed by atoms with Crippen molar-refractivity contribution in [1.82, 2.24) is 0 Å². The highest BCUT2D eigenvalue weighted by molar-refractivity contribution is 6.03. The number of hydrogen-bond acceptors (Lipinski definition) is 1. The fourth-order valence-electron chi connectivity index (χ4n) is 2.56. The summed E-state index contributed by atoms with van der Waals surface area (Å²) in [6.45, 7) is 4.06. The molecule has 0 amide bonds. The van der Waals surface area contributed by atoms with Gasteiger partial charge in [-0.05, 0) is 29.3 Å². The van der Waals surface area contributed by atoms with Gasteiger partial charge in [0, 0.05) is 23.1 Å². The molecule has 3 rings (SSSR count). The molecule has 0 radical (unpaired) electrons. The quantitative estimate of drug-likeness (QED) is 0.466. The summed E-state index contributed by atoms with van der Waals surface area (Å²) in [5, 5.41) is 0. The maximum atomic E-state index is 12.7. The van der Waals surface area contributed by atoms with Gasteiger partial charge in [-0.1, -0.05) is 85.1 Å². The Morgan fingerprint density at radius 2 is 1.36 bits per heavy atom. The molecule has 3 aromatic rings. The Morgan fingerprint density at radius 3 is 2.08 bits per heavy atom. The van der Waals surface area contributed by atoms with Crippen molar-refractivity contribution in [2.45, 2.75) is 6.42 Å². The molecule has 3 aromatic carbocycles. The van der Waals surface area contributed by atoms with Crippen molar-refractivity contribution in [3.8, 4) is 11.8 Å². The van der Waals surface area contributed by atoms with E-state index in [1.165, 1.54) is 0 Å². The van der Waals surface area contributed by atoms with E-state index in [0.717, 1.165) is 22.3 Å². The summed E-state index contributed by atoms with van der Waals surface area (Å²) in [5.41, 5.74) is 4.12. The molecule has 1 nitrogen and oxygen atoms in total. The van der Waals surface area contributed by atoms with E-state index in [4.69, 9.17) is 0 Å². The van der Waals surface area contributed by atoms with Crippen LogP contribution in [0.4, 0.5) is 0 Å². The van der Waals surface area contributed by atoms with Crippen LogP contribution < -0.4 is 0 Å². The second kappa shape index (κ2) is 7.95. The SMILES string of the molecule is C=C(CC(=O)c1ccccc1C#Cc1ccccc1)c1ccccc1. The van der Waals surface area contributed by atoms with Gasteiger partial charge in [0.05, 0.1) is 0 Å². The summed E-state index contributed by atoms with van der Waals surface area (Å²) in [6, 6.07) is 27.0. The zero-order valence-corrected chi connectivity index (χ0v) is 13.9. The lowest BCUT2D eigenvalue weighted by Crippen LogP contribution is -2.03. The van der Waals surface area contributed by atoms with Gasteiger partial charge in [-0.25, -0.2) is 0 Å². The van der Waals surface area contributed by atoms with Crippen LogP contribution in [0.1, 0.15) is 33.5 Å². The highest BCUT2D eigenvalue weighted by atomic mass is 16.1. The number of benzene rings is 3. The molecular weight excluding hydrogens is 304 g/mol. The fourth-order valence-corrected chi connectivity index (χ4v) is 2.56. The molecule has 1 heteroatoms. The Hall–Kier alpha value is -3.37. The third-order valence-corrected chi connectivity index (χ3v) is 3.90. The van der Waals surface area contributed by atoms with Crippen molar-refractivity contribution in [3.05, 3.63) is 114 Å². The van der Waals surface area contributed by atoms with Gasteiger partial charge in [-0.15, -0.1) is 0 Å². The smallest absolute Gasteiger partial charge is 0.168 e. The molecule has 0 heterocycles. The van der Waals surface area contributed by atoms with Gasteiger partial charge in [0.2, 0.25) is 0 Å². The van der Waals surface area contributed by atoms with E-state index in [1.807, 2.05) is 84.9 Å². The molecule has 25 heavy (non-hydrogen) atoms. The Morgan fingerprint density at radius 1 is 0.760 bits per heavy atom. The molecule has 0 bridgehead atoms. The topological polar surface area (TPSA) is 17.1 Å². The molecule has 0 aromatic heterocycles. The highest BCUT2D eigenvalue weighted by Gasteiger charge is 2.12. The van der Waals surface area contributed by atoms with Crippen LogP contribution in [0.3, 0.4) is 0 Å². The van der Waals surface area contributed by atoms with Gasteiger partial charge >= 0.3 is 0 Å². The molecule has 0 aliphatic heterocycles. The molecule has 0 spiro atoms. The van der Waals surface area contributed by atoms with E-state index in [0.29, 0.717) is 5.56 Å². The van der Waals surface area contributed by atoms with E-state index >= 15 is 0 Å². The minimum Gasteiger partial charge on any atom is -0.294 e. The lowest BCUT2D eigenvalue weighted by Gasteiger charge is -2.07. The molecular formula is C24H18O. The number of hydrogen-bond donors (Lipinski definition) is 0. The number of rotatable bonds is 4. The van der Waals surface area contributed by atoms with Crippen molar-refractivity contribution < 1.29 is 4.79 Å². The van der Waals surface area contributed by atoms with Crippen molar-refractivity contribution in [2.24, 2.45) is 0 Å². The van der Waals surface area contributed by atoms with Gasteiger partial charge in [-0.2, -0.15) is 0 Å². The van der Waals surface area contributed by atoms with E-state index < -0.39 is 0 Å². The monoisotopic (exact) mass is 322 g/mol. The average molecular weight is 322 g/mol. The Balaban J connectivity index is 1.82. The van der Waals surface area contributed by atoms with Crippen LogP contribution in [-0.2, 0) is 0 Å². The van der Waals surface area contributed by atoms with Crippen LogP contribution in [0.5, 0.6) is 0 Å². The standard InChI is InChI=1S/C24H18O/c1-19(21-12-6-3-7-13-21)18-24(25)23-15-9-8-14-22(23)17-16-20-10-4-2-5-11-20/h2-15H,1,18H2. The first-order valence-electron chi connectivity index (χ1n) is 8.16. The first-order valence-corrected chi connectivity index (χ1v) is 8.16. The molecule has 120 valence electrons. The summed E-state index contributed by atoms with van der Waals surface area (Å²) in [4.78, 5) is 12.7. The number of carbonyl (C=O) groups excluding carboxylic acids is 1. The number of ketones is 1. The summed E-state index contributed by atoms with van der Waals surface area (Å²) in [6.07, 6.45) is 0.286. The maximum Gasteiger partial charge on any atom is 0.168 e. The average Bonchev–Trinajstić information content (AvgIpc) is 2.68. The lowest BCUT2D eigenvalue weighted by molar-refractivity contribution is 0.0998. The molecule has 0 fully saturated rings. The molecule has 0 saturated heterocycles. The number of allylic oxidation sites excluding steroid dienone is 1. The normalized spacial score (nSPS) is 9.76. The molecule has 0 aliphatic carbocycles. The molecule has 0 N–H and O–H groups in total.